The molecular formula is C23H18ClF3N2O2S. The molecule has 2 heterocycles. The van der Waals surface area contributed by atoms with Crippen LogP contribution in [0.2, 0.25) is 4.34 Å². The molecule has 4 nitrogen and oxygen atoms in total. The number of aryl methyl sites for hydroxylation is 1. The number of halogens is 4. The van der Waals surface area contributed by atoms with Gasteiger partial charge in [-0.25, -0.2) is 0 Å². The smallest absolute Gasteiger partial charge is 0.322 e. The van der Waals surface area contributed by atoms with E-state index in [0.29, 0.717) is 22.1 Å². The second kappa shape index (κ2) is 8.96. The molecule has 0 atom stereocenters. The standard InChI is InChI=1S/C23H18ClF3N2O2S/c24-20-13-18-19(32-20)6-1-2-11-29(18)22(31)14-7-9-17(10-8-14)28-21(30)15-4-3-5-16(12-15)23(25,26)27/h3-5,7-10,12-13H,1-2,6,11H2,(H,28,30). The molecule has 2 aromatic carbocycles. The summed E-state index contributed by atoms with van der Waals surface area (Å²) in [5.74, 6) is -0.835. The predicted molar refractivity (Wildman–Crippen MR) is 120 cm³/mol. The van der Waals surface area contributed by atoms with Gasteiger partial charge < -0.3 is 10.2 Å². The fourth-order valence-electron chi connectivity index (χ4n) is 3.57. The molecule has 0 unspecified atom stereocenters. The topological polar surface area (TPSA) is 49.4 Å². The molecule has 0 bridgehead atoms. The van der Waals surface area contributed by atoms with Crippen molar-refractivity contribution in [2.75, 3.05) is 16.8 Å². The number of nitrogens with zero attached hydrogens (tertiary/aromatic N) is 1. The number of alkyl halides is 3. The van der Waals surface area contributed by atoms with E-state index < -0.39 is 17.6 Å². The lowest BCUT2D eigenvalue weighted by atomic mass is 10.1. The molecule has 0 aliphatic carbocycles. The Morgan fingerprint density at radius 1 is 1.00 bits per heavy atom. The van der Waals surface area contributed by atoms with Gasteiger partial charge in [0, 0.05) is 28.2 Å². The van der Waals surface area contributed by atoms with Crippen molar-refractivity contribution >= 4 is 46.1 Å². The molecule has 2 amide bonds. The van der Waals surface area contributed by atoms with Crippen LogP contribution in [0.3, 0.4) is 0 Å². The lowest BCUT2D eigenvalue weighted by molar-refractivity contribution is -0.137. The summed E-state index contributed by atoms with van der Waals surface area (Å²) in [6.45, 7) is 0.590. The van der Waals surface area contributed by atoms with Gasteiger partial charge in [-0.15, -0.1) is 11.3 Å². The highest BCUT2D eigenvalue weighted by Gasteiger charge is 2.31. The molecule has 3 aromatic rings. The molecule has 1 N–H and O–H groups in total. The minimum absolute atomic E-state index is 0.105. The average molecular weight is 479 g/mol. The molecular weight excluding hydrogens is 461 g/mol. The Balaban J connectivity index is 1.49. The zero-order valence-electron chi connectivity index (χ0n) is 16.7. The monoisotopic (exact) mass is 478 g/mol. The molecule has 32 heavy (non-hydrogen) atoms. The normalized spacial score (nSPS) is 13.9. The van der Waals surface area contributed by atoms with Crippen molar-refractivity contribution in [2.45, 2.75) is 25.4 Å². The summed E-state index contributed by atoms with van der Waals surface area (Å²) in [6.07, 6.45) is -1.78. The molecule has 1 aliphatic heterocycles. The Morgan fingerprint density at radius 3 is 2.47 bits per heavy atom. The first-order valence-electron chi connectivity index (χ1n) is 9.91. The van der Waals surface area contributed by atoms with Crippen LogP contribution >= 0.6 is 22.9 Å². The lowest BCUT2D eigenvalue weighted by Gasteiger charge is -2.21. The molecule has 4 rings (SSSR count). The Bertz CT molecular complexity index is 1160. The third kappa shape index (κ3) is 4.81. The summed E-state index contributed by atoms with van der Waals surface area (Å²) in [5, 5.41) is 2.56. The number of amides is 2. The van der Waals surface area contributed by atoms with Crippen LogP contribution in [-0.4, -0.2) is 18.4 Å². The first kappa shape index (κ1) is 22.4. The van der Waals surface area contributed by atoms with Crippen molar-refractivity contribution in [2.24, 2.45) is 0 Å². The summed E-state index contributed by atoms with van der Waals surface area (Å²) < 4.78 is 39.3. The van der Waals surface area contributed by atoms with Crippen LogP contribution in [0.1, 0.15) is 44.0 Å². The molecule has 0 spiro atoms. The van der Waals surface area contributed by atoms with E-state index >= 15 is 0 Å². The molecule has 1 aliphatic rings. The van der Waals surface area contributed by atoms with Gasteiger partial charge in [0.2, 0.25) is 0 Å². The van der Waals surface area contributed by atoms with Crippen molar-refractivity contribution in [3.63, 3.8) is 0 Å². The van der Waals surface area contributed by atoms with E-state index in [4.69, 9.17) is 11.6 Å². The van der Waals surface area contributed by atoms with Gasteiger partial charge >= 0.3 is 6.18 Å². The second-order valence-electron chi connectivity index (χ2n) is 7.38. The average Bonchev–Trinajstić information content (AvgIpc) is 3.02. The van der Waals surface area contributed by atoms with Gasteiger partial charge in [-0.3, -0.25) is 9.59 Å². The lowest BCUT2D eigenvalue weighted by Crippen LogP contribution is -2.31. The number of fused-ring (bicyclic) bond motifs is 1. The number of benzene rings is 2. The molecule has 166 valence electrons. The number of thiophene rings is 1. The SMILES string of the molecule is O=C(Nc1ccc(C(=O)N2CCCCc3sc(Cl)cc32)cc1)c1cccc(C(F)(F)F)c1. The molecule has 0 fully saturated rings. The summed E-state index contributed by atoms with van der Waals surface area (Å²) >= 11 is 7.64. The van der Waals surface area contributed by atoms with Gasteiger partial charge in [0.15, 0.2) is 0 Å². The highest BCUT2D eigenvalue weighted by molar-refractivity contribution is 7.16. The van der Waals surface area contributed by atoms with Crippen molar-refractivity contribution < 1.29 is 22.8 Å². The highest BCUT2D eigenvalue weighted by atomic mass is 35.5. The quantitative estimate of drug-likeness (QED) is 0.458. The third-order valence-corrected chi connectivity index (χ3v) is 6.48. The Labute approximate surface area is 191 Å². The number of hydrogen-bond donors (Lipinski definition) is 1. The van der Waals surface area contributed by atoms with Crippen LogP contribution in [0.4, 0.5) is 24.5 Å². The minimum atomic E-state index is -4.53. The van der Waals surface area contributed by atoms with Gasteiger partial charge in [-0.2, -0.15) is 13.2 Å². The van der Waals surface area contributed by atoms with Gasteiger partial charge in [-0.05, 0) is 67.8 Å². The van der Waals surface area contributed by atoms with Crippen LogP contribution < -0.4 is 10.2 Å². The maximum absolute atomic E-state index is 13.1. The van der Waals surface area contributed by atoms with E-state index in [1.165, 1.54) is 23.5 Å². The van der Waals surface area contributed by atoms with E-state index in [9.17, 15) is 22.8 Å². The van der Waals surface area contributed by atoms with Crippen LogP contribution in [0.15, 0.2) is 54.6 Å². The van der Waals surface area contributed by atoms with E-state index in [-0.39, 0.29) is 11.5 Å². The Morgan fingerprint density at radius 2 is 1.75 bits per heavy atom. The molecule has 0 saturated heterocycles. The van der Waals surface area contributed by atoms with Gasteiger partial charge in [0.1, 0.15) is 0 Å². The Hall–Kier alpha value is -2.84. The van der Waals surface area contributed by atoms with E-state index in [0.717, 1.165) is 42.0 Å². The van der Waals surface area contributed by atoms with Gasteiger partial charge in [0.25, 0.3) is 11.8 Å². The summed E-state index contributed by atoms with van der Waals surface area (Å²) in [6, 6.07) is 12.3. The molecule has 1 aromatic heterocycles. The third-order valence-electron chi connectivity index (χ3n) is 5.17. The van der Waals surface area contributed by atoms with Crippen molar-refractivity contribution in [1.29, 1.82) is 0 Å². The first-order valence-corrected chi connectivity index (χ1v) is 11.1. The first-order chi connectivity index (χ1) is 15.2. The fourth-order valence-corrected chi connectivity index (χ4v) is 4.88. The van der Waals surface area contributed by atoms with Gasteiger partial charge in [0.05, 0.1) is 15.6 Å². The van der Waals surface area contributed by atoms with Crippen LogP contribution in [0.25, 0.3) is 0 Å². The number of carbonyl (C=O) groups is 2. The van der Waals surface area contributed by atoms with Crippen molar-refractivity contribution in [1.82, 2.24) is 0 Å². The highest BCUT2D eigenvalue weighted by Crippen LogP contribution is 2.37. The van der Waals surface area contributed by atoms with Crippen LogP contribution in [-0.2, 0) is 12.6 Å². The van der Waals surface area contributed by atoms with E-state index in [1.54, 1.807) is 29.2 Å². The minimum Gasteiger partial charge on any atom is -0.322 e. The van der Waals surface area contributed by atoms with Crippen molar-refractivity contribution in [3.8, 4) is 0 Å². The second-order valence-corrected chi connectivity index (χ2v) is 9.15. The van der Waals surface area contributed by atoms with Crippen LogP contribution in [0, 0.1) is 0 Å². The predicted octanol–water partition coefficient (Wildman–Crippen LogP) is 6.66. The zero-order valence-corrected chi connectivity index (χ0v) is 18.3. The number of nitrogens with one attached hydrogen (secondary N) is 1. The summed E-state index contributed by atoms with van der Waals surface area (Å²) in [4.78, 5) is 28.3. The van der Waals surface area contributed by atoms with Gasteiger partial charge in [-0.1, -0.05) is 17.7 Å². The molecule has 0 saturated carbocycles. The summed E-state index contributed by atoms with van der Waals surface area (Å²) in [5.41, 5.74) is 0.656. The van der Waals surface area contributed by atoms with Crippen LogP contribution in [0.5, 0.6) is 0 Å². The Kier molecular flexibility index (Phi) is 6.26. The largest absolute Gasteiger partial charge is 0.416 e. The summed E-state index contributed by atoms with van der Waals surface area (Å²) in [7, 11) is 0. The van der Waals surface area contributed by atoms with E-state index in [2.05, 4.69) is 5.32 Å². The van der Waals surface area contributed by atoms with Crippen molar-refractivity contribution in [3.05, 3.63) is 80.5 Å². The molecule has 0 radical (unpaired) electrons. The zero-order chi connectivity index (χ0) is 22.9. The number of anilines is 2. The number of carbonyl (C=O) groups excluding carboxylic acids is 2. The maximum atomic E-state index is 13.1. The number of hydrogen-bond acceptors (Lipinski definition) is 3. The molecule has 9 heteroatoms. The fraction of sp³-hybridized carbons (Fsp3) is 0.217. The van der Waals surface area contributed by atoms with E-state index in [1.807, 2.05) is 6.07 Å². The maximum Gasteiger partial charge on any atom is 0.416 e. The number of rotatable bonds is 3.